The molecule has 1 unspecified atom stereocenters. The highest BCUT2D eigenvalue weighted by molar-refractivity contribution is 7.31. The minimum atomic E-state index is -0.206. The van der Waals surface area contributed by atoms with Crippen LogP contribution in [0.25, 0.3) is 0 Å². The summed E-state index contributed by atoms with van der Waals surface area (Å²) < 4.78 is 0. The summed E-state index contributed by atoms with van der Waals surface area (Å²) in [5.74, 6) is 1.73. The first-order chi connectivity index (χ1) is 3.39. The fourth-order valence-corrected chi connectivity index (χ4v) is 0.667. The molecule has 0 bridgehead atoms. The summed E-state index contributed by atoms with van der Waals surface area (Å²) in [6.45, 7) is 0. The van der Waals surface area contributed by atoms with Crippen molar-refractivity contribution in [3.05, 3.63) is 17.5 Å². The van der Waals surface area contributed by atoms with Crippen molar-refractivity contribution in [3.63, 3.8) is 0 Å². The molecule has 0 aromatic carbocycles. The lowest BCUT2D eigenvalue weighted by atomic mass is 10.7. The molecule has 7 heavy (non-hydrogen) atoms. The van der Waals surface area contributed by atoms with Crippen LogP contribution >= 0.6 is 8.35 Å². The predicted octanol–water partition coefficient (Wildman–Crippen LogP) is -0.509. The number of nitrogens with one attached hydrogen (secondary N) is 1. The molecule has 38 valence electrons. The molecule has 4 heteroatoms. The molecule has 0 saturated carbocycles. The topological polar surface area (TPSA) is 36.7 Å². The van der Waals surface area contributed by atoms with Gasteiger partial charge in [0.25, 0.3) is 0 Å². The van der Waals surface area contributed by atoms with E-state index in [1.165, 1.54) is 6.26 Å². The maximum absolute atomic E-state index is 10.1. The van der Waals surface area contributed by atoms with Gasteiger partial charge in [-0.3, -0.25) is 0 Å². The van der Waals surface area contributed by atoms with E-state index in [0.29, 0.717) is 8.35 Å². The highest BCUT2D eigenvalue weighted by atomic mass is 31.1. The van der Waals surface area contributed by atoms with Crippen molar-refractivity contribution in [1.29, 1.82) is 0 Å². The highest BCUT2D eigenvalue weighted by Gasteiger charge is 1.89. The van der Waals surface area contributed by atoms with E-state index in [4.69, 9.17) is 0 Å². The Labute approximate surface area is 42.6 Å². The lowest BCUT2D eigenvalue weighted by Gasteiger charge is -2.12. The van der Waals surface area contributed by atoms with Gasteiger partial charge in [-0.05, 0) is 6.08 Å². The number of hydrogen-bond acceptors (Lipinski definition) is 2. The summed E-state index contributed by atoms with van der Waals surface area (Å²) in [5.41, 5.74) is 0. The van der Waals surface area contributed by atoms with Gasteiger partial charge in [0.05, 0.1) is 0 Å². The summed E-state index contributed by atoms with van der Waals surface area (Å²) in [5, 5.41) is 10.1. The van der Waals surface area contributed by atoms with Crippen LogP contribution in [0.15, 0.2) is 12.3 Å². The molecule has 1 aliphatic heterocycles. The SMILES string of the molecule is [O-][NH+]1OC=CC=P1. The van der Waals surface area contributed by atoms with Crippen molar-refractivity contribution in [3.8, 4) is 0 Å². The molecule has 1 aliphatic rings. The van der Waals surface area contributed by atoms with E-state index < -0.39 is 0 Å². The second kappa shape index (κ2) is 2.07. The molecule has 1 N–H and O–H groups in total. The molecular weight excluding hydrogens is 113 g/mol. The first kappa shape index (κ1) is 4.78. The van der Waals surface area contributed by atoms with Gasteiger partial charge in [-0.2, -0.15) is 0 Å². The van der Waals surface area contributed by atoms with Crippen molar-refractivity contribution in [2.75, 3.05) is 0 Å². The molecule has 0 spiro atoms. The predicted molar refractivity (Wildman–Crippen MR) is 27.5 cm³/mol. The average Bonchev–Trinajstić information content (AvgIpc) is 1.69. The van der Waals surface area contributed by atoms with E-state index in [0.717, 1.165) is 0 Å². The summed E-state index contributed by atoms with van der Waals surface area (Å²) in [7, 11) is 0.624. The fourth-order valence-electron chi connectivity index (χ4n) is 0.267. The largest absolute Gasteiger partial charge is 0.584 e. The molecule has 0 fully saturated rings. The van der Waals surface area contributed by atoms with Crippen molar-refractivity contribution in [2.45, 2.75) is 0 Å². The van der Waals surface area contributed by atoms with Gasteiger partial charge < -0.3 is 10.0 Å². The Hall–Kier alpha value is -0.370. The molecule has 1 heterocycles. The Kier molecular flexibility index (Phi) is 1.42. The Balaban J connectivity index is 2.49. The van der Waals surface area contributed by atoms with E-state index in [9.17, 15) is 5.21 Å². The van der Waals surface area contributed by atoms with Gasteiger partial charge in [-0.15, -0.1) is 5.00 Å². The van der Waals surface area contributed by atoms with Crippen LogP contribution in [0.1, 0.15) is 0 Å². The van der Waals surface area contributed by atoms with Gasteiger partial charge in [-0.25, -0.2) is 0 Å². The standard InChI is InChI=1S/C3H4NO2P/c5-4-6-2-1-3-7-4/h1-4H. The number of rotatable bonds is 0. The molecule has 0 amide bonds. The molecule has 0 aliphatic carbocycles. The monoisotopic (exact) mass is 117 g/mol. The van der Waals surface area contributed by atoms with Crippen LogP contribution in [0.5, 0.6) is 0 Å². The molecule has 1 rings (SSSR count). The van der Waals surface area contributed by atoms with E-state index >= 15 is 0 Å². The first-order valence-electron chi connectivity index (χ1n) is 1.79. The molecule has 0 saturated heterocycles. The van der Waals surface area contributed by atoms with Crippen molar-refractivity contribution >= 4 is 14.2 Å². The number of hydrogen-bond donors (Lipinski definition) is 1. The second-order valence-corrected chi connectivity index (χ2v) is 1.91. The minimum Gasteiger partial charge on any atom is -0.584 e. The van der Waals surface area contributed by atoms with Gasteiger partial charge >= 0.3 is 0 Å². The molecule has 1 atom stereocenters. The normalized spacial score (nSPS) is 29.6. The van der Waals surface area contributed by atoms with Gasteiger partial charge in [-0.1, -0.05) is 0 Å². The third kappa shape index (κ3) is 1.27. The average molecular weight is 117 g/mol. The molecule has 3 nitrogen and oxygen atoms in total. The zero-order valence-corrected chi connectivity index (χ0v) is 4.39. The zero-order valence-electron chi connectivity index (χ0n) is 3.50. The maximum atomic E-state index is 10.1. The summed E-state index contributed by atoms with van der Waals surface area (Å²) in [6.07, 6.45) is 3.07. The Bertz CT molecular complexity index is 112. The van der Waals surface area contributed by atoms with Crippen LogP contribution in [-0.4, -0.2) is 5.80 Å². The maximum Gasteiger partial charge on any atom is 0.202 e. The lowest BCUT2D eigenvalue weighted by molar-refractivity contribution is -0.924. The van der Waals surface area contributed by atoms with Crippen molar-refractivity contribution in [1.82, 2.24) is 0 Å². The summed E-state index contributed by atoms with van der Waals surface area (Å²) in [4.78, 5) is 4.21. The van der Waals surface area contributed by atoms with Crippen LogP contribution in [-0.2, 0) is 4.84 Å². The Morgan fingerprint density at radius 1 is 1.71 bits per heavy atom. The lowest BCUT2D eigenvalue weighted by Crippen LogP contribution is -2.96. The summed E-state index contributed by atoms with van der Waals surface area (Å²) in [6, 6.07) is 0. The van der Waals surface area contributed by atoms with Crippen molar-refractivity contribution in [2.24, 2.45) is 0 Å². The molecule has 0 radical (unpaired) electrons. The van der Waals surface area contributed by atoms with Crippen LogP contribution in [0.3, 0.4) is 0 Å². The van der Waals surface area contributed by atoms with E-state index in [2.05, 4.69) is 4.84 Å². The van der Waals surface area contributed by atoms with E-state index in [1.807, 2.05) is 0 Å². The van der Waals surface area contributed by atoms with Crippen LogP contribution < -0.4 is 5.00 Å². The Morgan fingerprint density at radius 3 is 2.86 bits per heavy atom. The van der Waals surface area contributed by atoms with Crippen LogP contribution in [0.2, 0.25) is 0 Å². The fraction of sp³-hybridized carbons (Fsp3) is 0. The number of quaternary nitrogens is 1. The second-order valence-electron chi connectivity index (χ2n) is 0.990. The van der Waals surface area contributed by atoms with Gasteiger partial charge in [0.15, 0.2) is 6.26 Å². The van der Waals surface area contributed by atoms with E-state index in [-0.39, 0.29) is 5.00 Å². The van der Waals surface area contributed by atoms with Crippen LogP contribution in [0.4, 0.5) is 0 Å². The first-order valence-corrected chi connectivity index (χ1v) is 2.76. The minimum absolute atomic E-state index is 0.206. The molecule has 0 aromatic rings. The molecule has 0 aromatic heterocycles. The molecular formula is C3H4NO2P. The summed E-state index contributed by atoms with van der Waals surface area (Å²) >= 11 is 0. The number of allylic oxidation sites excluding steroid dienone is 1. The van der Waals surface area contributed by atoms with Crippen LogP contribution in [0, 0.1) is 5.21 Å². The quantitative estimate of drug-likeness (QED) is 0.342. The Morgan fingerprint density at radius 2 is 2.57 bits per heavy atom. The van der Waals surface area contributed by atoms with Crippen molar-refractivity contribution < 1.29 is 9.83 Å². The van der Waals surface area contributed by atoms with E-state index in [1.54, 1.807) is 11.9 Å². The zero-order chi connectivity index (χ0) is 5.11. The van der Waals surface area contributed by atoms with Gasteiger partial charge in [0.2, 0.25) is 8.35 Å². The van der Waals surface area contributed by atoms with Gasteiger partial charge in [0, 0.05) is 5.80 Å². The van der Waals surface area contributed by atoms with Gasteiger partial charge in [0.1, 0.15) is 0 Å². The third-order valence-corrected chi connectivity index (χ3v) is 1.15. The smallest absolute Gasteiger partial charge is 0.202 e. The highest BCUT2D eigenvalue weighted by Crippen LogP contribution is 1.83. The third-order valence-electron chi connectivity index (χ3n) is 0.513.